The Balaban J connectivity index is 1.66. The second-order valence-corrected chi connectivity index (χ2v) is 7.11. The summed E-state index contributed by atoms with van der Waals surface area (Å²) < 4.78 is 13.1. The fraction of sp³-hybridized carbons (Fsp3) is 0.190. The van der Waals surface area contributed by atoms with Gasteiger partial charge in [0.25, 0.3) is 0 Å². The van der Waals surface area contributed by atoms with E-state index in [0.717, 1.165) is 11.3 Å². The Morgan fingerprint density at radius 3 is 2.63 bits per heavy atom. The molecule has 1 aromatic heterocycles. The van der Waals surface area contributed by atoms with Crippen LogP contribution in [0.4, 0.5) is 16.0 Å². The van der Waals surface area contributed by atoms with Crippen LogP contribution in [0.1, 0.15) is 39.6 Å². The van der Waals surface area contributed by atoms with Crippen molar-refractivity contribution < 1.29 is 9.18 Å². The Bertz CT molecular complexity index is 1020. The van der Waals surface area contributed by atoms with Gasteiger partial charge in [0.1, 0.15) is 5.82 Å². The van der Waals surface area contributed by atoms with Gasteiger partial charge in [0.05, 0.1) is 17.0 Å². The Hall–Kier alpha value is -2.79. The molecule has 0 saturated carbocycles. The number of aryl methyl sites for hydroxylation is 1. The van der Waals surface area contributed by atoms with Crippen LogP contribution in [0.25, 0.3) is 0 Å². The van der Waals surface area contributed by atoms with Gasteiger partial charge in [-0.3, -0.25) is 4.79 Å². The number of fused-ring (bicyclic) bond motifs is 1. The van der Waals surface area contributed by atoms with Crippen molar-refractivity contribution in [2.45, 2.75) is 25.7 Å². The predicted octanol–water partition coefficient (Wildman–Crippen LogP) is 5.23. The molecule has 0 saturated heterocycles. The van der Waals surface area contributed by atoms with E-state index in [1.54, 1.807) is 12.1 Å². The first-order valence-corrected chi connectivity index (χ1v) is 9.06. The van der Waals surface area contributed by atoms with Gasteiger partial charge in [-0.2, -0.15) is 0 Å². The minimum Gasteiger partial charge on any atom is -0.324 e. The number of ketones is 1. The lowest BCUT2D eigenvalue weighted by Gasteiger charge is -2.24. The highest BCUT2D eigenvalue weighted by atomic mass is 35.5. The van der Waals surface area contributed by atoms with Crippen LogP contribution in [0.5, 0.6) is 0 Å². The van der Waals surface area contributed by atoms with Crippen molar-refractivity contribution in [3.8, 4) is 0 Å². The number of Topliss-reactive ketones (excluding diaryl/α,β-unsaturated/α-hetero) is 1. The quantitative estimate of drug-likeness (QED) is 0.674. The van der Waals surface area contributed by atoms with Gasteiger partial charge < -0.3 is 5.32 Å². The number of nitrogens with one attached hydrogen (secondary N) is 1. The summed E-state index contributed by atoms with van der Waals surface area (Å²) in [5.74, 6) is 0.180. The molecular weight excluding hydrogens is 365 g/mol. The highest BCUT2D eigenvalue weighted by molar-refractivity contribution is 6.30. The number of benzene rings is 2. The number of hydrogen-bond acceptors (Lipinski definition) is 4. The lowest BCUT2D eigenvalue weighted by molar-refractivity contribution is 0.0962. The van der Waals surface area contributed by atoms with E-state index in [1.165, 1.54) is 12.1 Å². The third kappa shape index (κ3) is 3.69. The molecular formula is C21H17ClFN3O. The topological polar surface area (TPSA) is 54.9 Å². The number of rotatable bonds is 3. The van der Waals surface area contributed by atoms with Gasteiger partial charge in [-0.15, -0.1) is 0 Å². The van der Waals surface area contributed by atoms with Crippen molar-refractivity contribution in [3.05, 3.63) is 81.9 Å². The van der Waals surface area contributed by atoms with Crippen molar-refractivity contribution in [1.29, 1.82) is 0 Å². The smallest absolute Gasteiger partial charge is 0.227 e. The van der Waals surface area contributed by atoms with Crippen molar-refractivity contribution in [2.75, 3.05) is 5.32 Å². The zero-order valence-electron chi connectivity index (χ0n) is 14.7. The van der Waals surface area contributed by atoms with Gasteiger partial charge >= 0.3 is 0 Å². The van der Waals surface area contributed by atoms with E-state index >= 15 is 0 Å². The monoisotopic (exact) mass is 381 g/mol. The number of hydrogen-bond donors (Lipinski definition) is 1. The first-order chi connectivity index (χ1) is 13.0. The summed E-state index contributed by atoms with van der Waals surface area (Å²) >= 11 is 6.11. The van der Waals surface area contributed by atoms with Crippen molar-refractivity contribution in [2.24, 2.45) is 0 Å². The third-order valence-corrected chi connectivity index (χ3v) is 4.97. The second-order valence-electron chi connectivity index (χ2n) is 6.67. The lowest BCUT2D eigenvalue weighted by Crippen LogP contribution is -2.22. The highest BCUT2D eigenvalue weighted by Crippen LogP contribution is 2.34. The van der Waals surface area contributed by atoms with Crippen LogP contribution in [-0.4, -0.2) is 15.8 Å². The number of nitrogens with zero attached hydrogens (tertiary/aromatic N) is 2. The first kappa shape index (κ1) is 17.6. The van der Waals surface area contributed by atoms with Crippen molar-refractivity contribution in [3.63, 3.8) is 0 Å². The molecule has 4 rings (SSSR count). The van der Waals surface area contributed by atoms with Gasteiger partial charge in [-0.25, -0.2) is 14.4 Å². The minimum absolute atomic E-state index is 0.0386. The molecule has 3 aromatic rings. The molecule has 1 heterocycles. The van der Waals surface area contributed by atoms with Crippen LogP contribution in [-0.2, 0) is 6.42 Å². The minimum atomic E-state index is -0.307. The molecule has 0 spiro atoms. The van der Waals surface area contributed by atoms with Gasteiger partial charge in [0, 0.05) is 17.1 Å². The second kappa shape index (κ2) is 7.08. The normalized spacial score (nSPS) is 16.1. The van der Waals surface area contributed by atoms with Crippen LogP contribution in [0.2, 0.25) is 5.02 Å². The molecule has 0 amide bonds. The number of carbonyl (C=O) groups is 1. The molecule has 1 aliphatic carbocycles. The van der Waals surface area contributed by atoms with E-state index in [-0.39, 0.29) is 17.5 Å². The molecule has 1 atom stereocenters. The summed E-state index contributed by atoms with van der Waals surface area (Å²) in [6.45, 7) is 1.81. The van der Waals surface area contributed by atoms with E-state index in [1.807, 2.05) is 31.2 Å². The molecule has 0 radical (unpaired) electrons. The molecule has 4 nitrogen and oxygen atoms in total. The molecule has 1 aliphatic rings. The van der Waals surface area contributed by atoms with Crippen molar-refractivity contribution in [1.82, 2.24) is 9.97 Å². The van der Waals surface area contributed by atoms with E-state index in [2.05, 4.69) is 15.3 Å². The van der Waals surface area contributed by atoms with Crippen LogP contribution < -0.4 is 5.32 Å². The Labute approximate surface area is 161 Å². The maximum atomic E-state index is 13.1. The predicted molar refractivity (Wildman–Crippen MR) is 103 cm³/mol. The number of carbonyl (C=O) groups excluding carboxylic acids is 1. The average Bonchev–Trinajstić information content (AvgIpc) is 2.63. The third-order valence-electron chi connectivity index (χ3n) is 4.74. The fourth-order valence-electron chi connectivity index (χ4n) is 3.49. The van der Waals surface area contributed by atoms with E-state index in [9.17, 15) is 9.18 Å². The summed E-state index contributed by atoms with van der Waals surface area (Å²) in [6, 6.07) is 13.6. The Kier molecular flexibility index (Phi) is 4.62. The molecule has 27 heavy (non-hydrogen) atoms. The molecule has 0 aliphatic heterocycles. The standard InChI is InChI=1S/C21H17ClFN3O/c1-12-20-18(26-21(24-12)25-17-7-5-16(23)6-8-17)10-14(11-19(20)27)13-3-2-4-15(22)9-13/h2-9,14H,10-11H2,1H3,(H,24,25,26)/t14-/m1/s1. The van der Waals surface area contributed by atoms with Crippen LogP contribution in [0, 0.1) is 12.7 Å². The zero-order valence-corrected chi connectivity index (χ0v) is 15.4. The van der Waals surface area contributed by atoms with Crippen LogP contribution >= 0.6 is 11.6 Å². The van der Waals surface area contributed by atoms with Gasteiger partial charge in [-0.1, -0.05) is 23.7 Å². The number of halogens is 2. The Morgan fingerprint density at radius 1 is 1.11 bits per heavy atom. The first-order valence-electron chi connectivity index (χ1n) is 8.68. The molecule has 1 N–H and O–H groups in total. The molecule has 0 bridgehead atoms. The Morgan fingerprint density at radius 2 is 1.89 bits per heavy atom. The number of aromatic nitrogens is 2. The summed E-state index contributed by atoms with van der Waals surface area (Å²) in [7, 11) is 0. The van der Waals surface area contributed by atoms with Gasteiger partial charge in [0.15, 0.2) is 5.78 Å². The van der Waals surface area contributed by atoms with E-state index < -0.39 is 0 Å². The van der Waals surface area contributed by atoms with Crippen LogP contribution in [0.15, 0.2) is 48.5 Å². The average molecular weight is 382 g/mol. The maximum Gasteiger partial charge on any atom is 0.227 e. The summed E-state index contributed by atoms with van der Waals surface area (Å²) in [4.78, 5) is 21.7. The molecule has 2 aromatic carbocycles. The summed E-state index contributed by atoms with van der Waals surface area (Å²) in [5, 5.41) is 3.74. The summed E-state index contributed by atoms with van der Waals surface area (Å²) in [6.07, 6.45) is 1.06. The molecule has 6 heteroatoms. The van der Waals surface area contributed by atoms with Crippen molar-refractivity contribution >= 4 is 29.0 Å². The molecule has 0 fully saturated rings. The number of anilines is 2. The fourth-order valence-corrected chi connectivity index (χ4v) is 3.69. The molecule has 136 valence electrons. The van der Waals surface area contributed by atoms with E-state index in [0.29, 0.717) is 40.8 Å². The van der Waals surface area contributed by atoms with Gasteiger partial charge in [-0.05, 0) is 61.2 Å². The summed E-state index contributed by atoms with van der Waals surface area (Å²) in [5.41, 5.74) is 3.71. The maximum absolute atomic E-state index is 13.1. The SMILES string of the molecule is Cc1nc(Nc2ccc(F)cc2)nc2c1C(=O)C[C@H](c1cccc(Cl)c1)C2. The highest BCUT2D eigenvalue weighted by Gasteiger charge is 2.30. The zero-order chi connectivity index (χ0) is 19.0. The largest absolute Gasteiger partial charge is 0.324 e. The van der Waals surface area contributed by atoms with E-state index in [4.69, 9.17) is 11.6 Å². The van der Waals surface area contributed by atoms with Gasteiger partial charge in [0.2, 0.25) is 5.95 Å². The van der Waals surface area contributed by atoms with Crippen LogP contribution in [0.3, 0.4) is 0 Å². The molecule has 0 unspecified atom stereocenters. The lowest BCUT2D eigenvalue weighted by atomic mass is 9.81.